The maximum Gasteiger partial charge on any atom is 0.246 e. The number of carbonyl (C=O) groups is 1. The van der Waals surface area contributed by atoms with Crippen LogP contribution in [0.3, 0.4) is 0 Å². The largest absolute Gasteiger partial charge is 0.375 e. The Bertz CT molecular complexity index is 551. The van der Waals surface area contributed by atoms with E-state index in [1.807, 2.05) is 24.4 Å². The smallest absolute Gasteiger partial charge is 0.246 e. The normalized spacial score (nSPS) is 10.6. The fraction of sp³-hybridized carbons (Fsp3) is 0.333. The molecule has 2 aromatic rings. The number of thiophene rings is 1. The first kappa shape index (κ1) is 14.0. The highest BCUT2D eigenvalue weighted by atomic mass is 32.1. The molecule has 0 aliphatic heterocycles. The van der Waals surface area contributed by atoms with E-state index < -0.39 is 0 Å². The van der Waals surface area contributed by atoms with Gasteiger partial charge in [-0.3, -0.25) is 4.79 Å². The number of nitrogens with one attached hydrogen (secondary N) is 1. The van der Waals surface area contributed by atoms with Gasteiger partial charge in [0.05, 0.1) is 17.1 Å². The minimum atomic E-state index is -0.102. The van der Waals surface area contributed by atoms with E-state index in [0.29, 0.717) is 18.3 Å². The average molecular weight is 297 g/mol. The summed E-state index contributed by atoms with van der Waals surface area (Å²) in [5.74, 6) is -0.102. The van der Waals surface area contributed by atoms with Gasteiger partial charge in [0.1, 0.15) is 6.61 Å². The summed E-state index contributed by atoms with van der Waals surface area (Å²) in [6.45, 7) is 3.02. The fourth-order valence-electron chi connectivity index (χ4n) is 1.44. The van der Waals surface area contributed by atoms with Crippen molar-refractivity contribution in [1.82, 2.24) is 10.3 Å². The quantitative estimate of drug-likeness (QED) is 0.856. The van der Waals surface area contributed by atoms with Crippen molar-refractivity contribution in [1.29, 1.82) is 0 Å². The predicted octanol–water partition coefficient (Wildman–Crippen LogP) is 2.11. The van der Waals surface area contributed by atoms with E-state index in [0.717, 1.165) is 15.4 Å². The van der Waals surface area contributed by atoms with Crippen LogP contribution < -0.4 is 11.1 Å². The summed E-state index contributed by atoms with van der Waals surface area (Å²) in [5, 5.41) is 5.30. The lowest BCUT2D eigenvalue weighted by molar-refractivity contribution is -0.125. The number of rotatable bonds is 6. The number of amides is 1. The molecule has 2 aromatic heterocycles. The highest BCUT2D eigenvalue weighted by molar-refractivity contribution is 7.16. The van der Waals surface area contributed by atoms with Gasteiger partial charge in [0.2, 0.25) is 5.91 Å². The van der Waals surface area contributed by atoms with Gasteiger partial charge in [-0.1, -0.05) is 0 Å². The Kier molecular flexibility index (Phi) is 4.89. The molecule has 102 valence electrons. The average Bonchev–Trinajstić information content (AvgIpc) is 3.02. The van der Waals surface area contributed by atoms with E-state index in [-0.39, 0.29) is 12.5 Å². The molecule has 0 aromatic carbocycles. The Hall–Kier alpha value is -1.44. The second kappa shape index (κ2) is 6.65. The Morgan fingerprint density at radius 3 is 3.05 bits per heavy atom. The van der Waals surface area contributed by atoms with Gasteiger partial charge in [0.25, 0.3) is 0 Å². The van der Waals surface area contributed by atoms with Gasteiger partial charge >= 0.3 is 0 Å². The second-order valence-electron chi connectivity index (χ2n) is 3.75. The standard InChI is InChI=1S/C12H15N3O2S2/c1-2-17-6-11(16)14-5-8-3-4-10(19-8)9-7-18-12(13)15-9/h3-4,7H,2,5-6H2,1H3,(H2,13,15)(H,14,16). The number of nitrogen functional groups attached to an aromatic ring is 1. The molecule has 0 bridgehead atoms. The number of anilines is 1. The molecule has 19 heavy (non-hydrogen) atoms. The number of ether oxygens (including phenoxy) is 1. The van der Waals surface area contributed by atoms with Crippen LogP contribution in [0.2, 0.25) is 0 Å². The first-order valence-electron chi connectivity index (χ1n) is 5.83. The molecule has 0 saturated heterocycles. The Morgan fingerprint density at radius 1 is 1.53 bits per heavy atom. The molecule has 0 atom stereocenters. The van der Waals surface area contributed by atoms with E-state index in [9.17, 15) is 4.79 Å². The Balaban J connectivity index is 1.89. The molecular formula is C12H15N3O2S2. The Morgan fingerprint density at radius 2 is 2.37 bits per heavy atom. The maximum absolute atomic E-state index is 11.4. The molecule has 2 heterocycles. The van der Waals surface area contributed by atoms with E-state index in [4.69, 9.17) is 10.5 Å². The number of aromatic nitrogens is 1. The maximum atomic E-state index is 11.4. The van der Waals surface area contributed by atoms with Crippen LogP contribution in [0.1, 0.15) is 11.8 Å². The molecule has 0 radical (unpaired) electrons. The number of hydrogen-bond donors (Lipinski definition) is 2. The van der Waals surface area contributed by atoms with E-state index in [2.05, 4.69) is 10.3 Å². The van der Waals surface area contributed by atoms with Crippen LogP contribution in [0.5, 0.6) is 0 Å². The summed E-state index contributed by atoms with van der Waals surface area (Å²) >= 11 is 3.02. The molecule has 2 rings (SSSR count). The predicted molar refractivity (Wildman–Crippen MR) is 78.2 cm³/mol. The summed E-state index contributed by atoms with van der Waals surface area (Å²) in [6.07, 6.45) is 0. The van der Waals surface area contributed by atoms with Crippen molar-refractivity contribution in [3.63, 3.8) is 0 Å². The van der Waals surface area contributed by atoms with Crippen LogP contribution in [-0.2, 0) is 16.1 Å². The highest BCUT2D eigenvalue weighted by Crippen LogP contribution is 2.29. The molecule has 3 N–H and O–H groups in total. The molecule has 1 amide bonds. The zero-order valence-electron chi connectivity index (χ0n) is 10.5. The molecule has 0 spiro atoms. The van der Waals surface area contributed by atoms with Crippen molar-refractivity contribution in [3.05, 3.63) is 22.4 Å². The van der Waals surface area contributed by atoms with Gasteiger partial charge in [-0.15, -0.1) is 22.7 Å². The van der Waals surface area contributed by atoms with Gasteiger partial charge < -0.3 is 15.8 Å². The molecule has 0 aliphatic rings. The van der Waals surface area contributed by atoms with Crippen molar-refractivity contribution in [2.75, 3.05) is 18.9 Å². The molecule has 0 saturated carbocycles. The van der Waals surface area contributed by atoms with E-state index >= 15 is 0 Å². The lowest BCUT2D eigenvalue weighted by Gasteiger charge is -2.02. The molecule has 0 aliphatic carbocycles. The van der Waals surface area contributed by atoms with E-state index in [1.165, 1.54) is 11.3 Å². The van der Waals surface area contributed by atoms with Crippen LogP contribution in [0, 0.1) is 0 Å². The molecular weight excluding hydrogens is 282 g/mol. The third-order valence-corrected chi connectivity index (χ3v) is 4.11. The minimum absolute atomic E-state index is 0.102. The molecule has 5 nitrogen and oxygen atoms in total. The third-order valence-electron chi connectivity index (χ3n) is 2.33. The summed E-state index contributed by atoms with van der Waals surface area (Å²) in [4.78, 5) is 17.8. The summed E-state index contributed by atoms with van der Waals surface area (Å²) < 4.78 is 5.03. The number of hydrogen-bond acceptors (Lipinski definition) is 6. The lowest BCUT2D eigenvalue weighted by Crippen LogP contribution is -2.26. The number of nitrogens with two attached hydrogens (primary N) is 1. The van der Waals surface area contributed by atoms with Gasteiger partial charge in [-0.25, -0.2) is 4.98 Å². The van der Waals surface area contributed by atoms with Crippen molar-refractivity contribution in [2.24, 2.45) is 0 Å². The highest BCUT2D eigenvalue weighted by Gasteiger charge is 2.07. The SMILES string of the molecule is CCOCC(=O)NCc1ccc(-c2csc(N)n2)s1. The van der Waals surface area contributed by atoms with Crippen LogP contribution >= 0.6 is 22.7 Å². The van der Waals surface area contributed by atoms with Crippen molar-refractivity contribution >= 4 is 33.7 Å². The van der Waals surface area contributed by atoms with Gasteiger partial charge in [0, 0.05) is 16.9 Å². The zero-order chi connectivity index (χ0) is 13.7. The summed E-state index contributed by atoms with van der Waals surface area (Å²) in [5.41, 5.74) is 6.50. The third kappa shape index (κ3) is 4.02. The van der Waals surface area contributed by atoms with Crippen molar-refractivity contribution in [2.45, 2.75) is 13.5 Å². The molecule has 0 fully saturated rings. The first-order chi connectivity index (χ1) is 9.19. The molecule has 0 unspecified atom stereocenters. The van der Waals surface area contributed by atoms with Gasteiger partial charge in [-0.2, -0.15) is 0 Å². The van der Waals surface area contributed by atoms with Crippen LogP contribution in [0.15, 0.2) is 17.5 Å². The van der Waals surface area contributed by atoms with Crippen LogP contribution in [0.4, 0.5) is 5.13 Å². The summed E-state index contributed by atoms with van der Waals surface area (Å²) in [6, 6.07) is 3.97. The second-order valence-corrected chi connectivity index (χ2v) is 5.81. The lowest BCUT2D eigenvalue weighted by atomic mass is 10.3. The molecule has 7 heteroatoms. The number of carbonyl (C=O) groups excluding carboxylic acids is 1. The van der Waals surface area contributed by atoms with Crippen LogP contribution in [-0.4, -0.2) is 24.1 Å². The monoisotopic (exact) mass is 297 g/mol. The van der Waals surface area contributed by atoms with Gasteiger partial charge in [-0.05, 0) is 19.1 Å². The van der Waals surface area contributed by atoms with Crippen molar-refractivity contribution < 1.29 is 9.53 Å². The first-order valence-corrected chi connectivity index (χ1v) is 7.53. The van der Waals surface area contributed by atoms with Crippen molar-refractivity contribution in [3.8, 4) is 10.6 Å². The minimum Gasteiger partial charge on any atom is -0.375 e. The number of nitrogens with zero attached hydrogens (tertiary/aromatic N) is 1. The topological polar surface area (TPSA) is 77.2 Å². The fourth-order valence-corrected chi connectivity index (χ4v) is 2.99. The Labute approximate surface area is 119 Å². The van der Waals surface area contributed by atoms with E-state index in [1.54, 1.807) is 11.3 Å². The van der Waals surface area contributed by atoms with Crippen LogP contribution in [0.25, 0.3) is 10.6 Å². The van der Waals surface area contributed by atoms with Gasteiger partial charge in [0.15, 0.2) is 5.13 Å². The summed E-state index contributed by atoms with van der Waals surface area (Å²) in [7, 11) is 0. The zero-order valence-corrected chi connectivity index (χ0v) is 12.1. The number of thiazole rings is 1.